The number of hydrogen-bond donors (Lipinski definition) is 3. The van der Waals surface area contributed by atoms with Gasteiger partial charge in [0.15, 0.2) is 0 Å². The lowest BCUT2D eigenvalue weighted by atomic mass is 10.0. The molecule has 0 bridgehead atoms. The third kappa shape index (κ3) is 5.56. The molecule has 0 saturated carbocycles. The summed E-state index contributed by atoms with van der Waals surface area (Å²) in [5, 5.41) is 7.95. The molecular weight excluding hydrogens is 440 g/mol. The molecule has 2 heterocycles. The molecule has 0 aliphatic carbocycles. The summed E-state index contributed by atoms with van der Waals surface area (Å²) in [5.41, 5.74) is 7.53. The van der Waals surface area contributed by atoms with Crippen molar-refractivity contribution in [3.63, 3.8) is 0 Å². The van der Waals surface area contributed by atoms with Crippen LogP contribution in [0, 0.1) is 0 Å². The monoisotopic (exact) mass is 464 g/mol. The van der Waals surface area contributed by atoms with Crippen molar-refractivity contribution in [2.45, 2.75) is 25.7 Å². The number of nitrogens with one attached hydrogen (secondary N) is 2. The first-order valence-electron chi connectivity index (χ1n) is 9.49. The molecule has 3 amide bonds. The largest absolute Gasteiger partial charge is 0.365 e. The van der Waals surface area contributed by atoms with Crippen LogP contribution in [0.25, 0.3) is 11.1 Å². The van der Waals surface area contributed by atoms with Gasteiger partial charge in [0, 0.05) is 22.0 Å². The predicted molar refractivity (Wildman–Crippen MR) is 118 cm³/mol. The number of likely N-dealkylation sites (tertiary alicyclic amines) is 1. The molecule has 1 fully saturated rings. The number of carbonyl (C=O) groups is 2. The number of nitrogens with two attached hydrogens (primary N) is 1. The molecule has 1 aromatic carbocycles. The second kappa shape index (κ2) is 10.0. The van der Waals surface area contributed by atoms with Gasteiger partial charge in [-0.3, -0.25) is 10.1 Å². The molecule has 1 aliphatic heterocycles. The van der Waals surface area contributed by atoms with E-state index in [-0.39, 0.29) is 6.03 Å². The van der Waals surface area contributed by atoms with Crippen LogP contribution in [-0.4, -0.2) is 43.0 Å². The number of urea groups is 1. The smallest absolute Gasteiger partial charge is 0.319 e. The van der Waals surface area contributed by atoms with Crippen LogP contribution in [0.15, 0.2) is 34.1 Å². The van der Waals surface area contributed by atoms with Crippen LogP contribution in [0.2, 0.25) is 0 Å². The average molecular weight is 465 g/mol. The van der Waals surface area contributed by atoms with Crippen LogP contribution >= 0.6 is 27.3 Å². The highest BCUT2D eigenvalue weighted by atomic mass is 79.9. The molecule has 0 spiro atoms. The molecule has 8 heteroatoms. The quantitative estimate of drug-likeness (QED) is 0.509. The Morgan fingerprint density at radius 2 is 1.86 bits per heavy atom. The van der Waals surface area contributed by atoms with Gasteiger partial charge < -0.3 is 16.0 Å². The Morgan fingerprint density at radius 3 is 2.54 bits per heavy atom. The molecule has 4 N–H and O–H groups in total. The van der Waals surface area contributed by atoms with Crippen LogP contribution in [0.3, 0.4) is 0 Å². The Morgan fingerprint density at radius 1 is 1.14 bits per heavy atom. The van der Waals surface area contributed by atoms with E-state index in [0.717, 1.165) is 35.0 Å². The summed E-state index contributed by atoms with van der Waals surface area (Å²) in [6.45, 7) is 4.10. The van der Waals surface area contributed by atoms with Crippen molar-refractivity contribution in [3.05, 3.63) is 39.7 Å². The average Bonchev–Trinajstić information content (AvgIpc) is 3.32. The van der Waals surface area contributed by atoms with Crippen LogP contribution in [0.1, 0.15) is 36.0 Å². The Hall–Kier alpha value is -1.90. The van der Waals surface area contributed by atoms with E-state index in [4.69, 9.17) is 5.73 Å². The maximum atomic E-state index is 12.2. The first-order valence-corrected chi connectivity index (χ1v) is 11.2. The van der Waals surface area contributed by atoms with Gasteiger partial charge >= 0.3 is 6.03 Å². The van der Waals surface area contributed by atoms with E-state index in [1.54, 1.807) is 0 Å². The normalized spacial score (nSPS) is 14.2. The Balaban J connectivity index is 1.53. The highest BCUT2D eigenvalue weighted by Crippen LogP contribution is 2.35. The number of amides is 3. The minimum absolute atomic E-state index is 0.312. The maximum Gasteiger partial charge on any atom is 0.319 e. The summed E-state index contributed by atoms with van der Waals surface area (Å²) in [6.07, 6.45) is 4.60. The summed E-state index contributed by atoms with van der Waals surface area (Å²) in [6, 6.07) is 7.30. The number of halogens is 1. The SMILES string of the molecule is NC(=O)c1c(-c2ccc(Br)cc2)csc1NC(=O)NCCCCN1CCCC1. The number of carbonyl (C=O) groups excluding carboxylic acids is 2. The molecular formula is C20H25BrN4O2S. The number of benzene rings is 1. The molecule has 2 aromatic rings. The van der Waals surface area contributed by atoms with E-state index < -0.39 is 5.91 Å². The molecule has 0 radical (unpaired) electrons. The Labute approximate surface area is 177 Å². The van der Waals surface area contributed by atoms with E-state index in [9.17, 15) is 9.59 Å². The zero-order valence-corrected chi connectivity index (χ0v) is 18.1. The lowest BCUT2D eigenvalue weighted by Gasteiger charge is -2.14. The molecule has 0 unspecified atom stereocenters. The number of nitrogens with zero attached hydrogens (tertiary/aromatic N) is 1. The number of anilines is 1. The standard InChI is InChI=1S/C20H25BrN4O2S/c21-15-7-5-14(6-8-15)16-13-28-19(17(16)18(22)26)24-20(27)23-9-1-2-10-25-11-3-4-12-25/h5-8,13H,1-4,9-12H2,(H2,22,26)(H2,23,24,27). The van der Waals surface area contributed by atoms with Gasteiger partial charge in [0.2, 0.25) is 0 Å². The number of hydrogen-bond acceptors (Lipinski definition) is 4. The number of primary amides is 1. The molecule has 3 rings (SSSR count). The predicted octanol–water partition coefficient (Wildman–Crippen LogP) is 4.27. The van der Waals surface area contributed by atoms with E-state index in [0.29, 0.717) is 17.1 Å². The van der Waals surface area contributed by atoms with Gasteiger partial charge in [-0.15, -0.1) is 11.3 Å². The summed E-state index contributed by atoms with van der Waals surface area (Å²) in [7, 11) is 0. The Kier molecular flexibility index (Phi) is 7.47. The minimum Gasteiger partial charge on any atom is -0.365 e. The zero-order valence-electron chi connectivity index (χ0n) is 15.7. The first kappa shape index (κ1) is 20.8. The van der Waals surface area contributed by atoms with Crippen LogP contribution in [-0.2, 0) is 0 Å². The van der Waals surface area contributed by atoms with Crippen molar-refractivity contribution < 1.29 is 9.59 Å². The fourth-order valence-corrected chi connectivity index (χ4v) is 4.59. The van der Waals surface area contributed by atoms with Gasteiger partial charge in [0.1, 0.15) is 5.00 Å². The number of unbranched alkanes of at least 4 members (excludes halogenated alkanes) is 1. The summed E-state index contributed by atoms with van der Waals surface area (Å²) in [5.74, 6) is -0.555. The van der Waals surface area contributed by atoms with E-state index in [2.05, 4.69) is 31.5 Å². The molecule has 1 saturated heterocycles. The van der Waals surface area contributed by atoms with Crippen LogP contribution in [0.4, 0.5) is 9.80 Å². The van der Waals surface area contributed by atoms with Gasteiger partial charge in [-0.1, -0.05) is 28.1 Å². The van der Waals surface area contributed by atoms with Crippen molar-refractivity contribution in [1.29, 1.82) is 0 Å². The molecule has 6 nitrogen and oxygen atoms in total. The highest BCUT2D eigenvalue weighted by Gasteiger charge is 2.19. The number of rotatable bonds is 8. The van der Waals surface area contributed by atoms with Crippen LogP contribution in [0.5, 0.6) is 0 Å². The summed E-state index contributed by atoms with van der Waals surface area (Å²) < 4.78 is 0.953. The van der Waals surface area contributed by atoms with E-state index >= 15 is 0 Å². The minimum atomic E-state index is -0.555. The van der Waals surface area contributed by atoms with Crippen molar-refractivity contribution in [3.8, 4) is 11.1 Å². The lowest BCUT2D eigenvalue weighted by Crippen LogP contribution is -2.30. The summed E-state index contributed by atoms with van der Waals surface area (Å²) in [4.78, 5) is 26.7. The van der Waals surface area contributed by atoms with Crippen LogP contribution < -0.4 is 16.4 Å². The van der Waals surface area contributed by atoms with Gasteiger partial charge in [-0.2, -0.15) is 0 Å². The zero-order chi connectivity index (χ0) is 19.9. The second-order valence-corrected chi connectivity index (χ2v) is 8.66. The third-order valence-corrected chi connectivity index (χ3v) is 6.23. The van der Waals surface area contributed by atoms with Crippen molar-refractivity contribution in [2.24, 2.45) is 5.73 Å². The van der Waals surface area contributed by atoms with Gasteiger partial charge in [0.05, 0.1) is 5.56 Å². The molecule has 1 aliphatic rings. The van der Waals surface area contributed by atoms with Gasteiger partial charge in [0.25, 0.3) is 5.91 Å². The van der Waals surface area contributed by atoms with Gasteiger partial charge in [-0.25, -0.2) is 4.79 Å². The fourth-order valence-electron chi connectivity index (χ4n) is 3.35. The maximum absolute atomic E-state index is 12.2. The van der Waals surface area contributed by atoms with Crippen molar-refractivity contribution in [2.75, 3.05) is 31.5 Å². The first-order chi connectivity index (χ1) is 13.5. The molecule has 0 atom stereocenters. The molecule has 1 aromatic heterocycles. The van der Waals surface area contributed by atoms with Crippen molar-refractivity contribution in [1.82, 2.24) is 10.2 Å². The molecule has 28 heavy (non-hydrogen) atoms. The lowest BCUT2D eigenvalue weighted by molar-refractivity contribution is 0.100. The topological polar surface area (TPSA) is 87.5 Å². The van der Waals surface area contributed by atoms with Gasteiger partial charge in [-0.05, 0) is 63.0 Å². The highest BCUT2D eigenvalue weighted by molar-refractivity contribution is 9.10. The molecule has 150 valence electrons. The number of thiophene rings is 1. The van der Waals surface area contributed by atoms with Crippen molar-refractivity contribution >= 4 is 44.2 Å². The summed E-state index contributed by atoms with van der Waals surface area (Å²) >= 11 is 4.70. The van der Waals surface area contributed by atoms with E-state index in [1.165, 1.54) is 37.3 Å². The van der Waals surface area contributed by atoms with E-state index in [1.807, 2.05) is 29.6 Å². The Bertz CT molecular complexity index is 816. The fraction of sp³-hybridized carbons (Fsp3) is 0.400. The third-order valence-electron chi connectivity index (χ3n) is 4.81. The second-order valence-electron chi connectivity index (χ2n) is 6.86.